The summed E-state index contributed by atoms with van der Waals surface area (Å²) in [6.07, 6.45) is 0.687. The van der Waals surface area contributed by atoms with Gasteiger partial charge in [-0.1, -0.05) is 26.0 Å². The van der Waals surface area contributed by atoms with E-state index in [1.807, 2.05) is 37.8 Å². The molecule has 0 aromatic heterocycles. The van der Waals surface area contributed by atoms with Crippen molar-refractivity contribution in [2.45, 2.75) is 59.2 Å². The Morgan fingerprint density at radius 1 is 1.19 bits per heavy atom. The Bertz CT molecular complexity index is 649. The van der Waals surface area contributed by atoms with Crippen molar-refractivity contribution in [3.05, 3.63) is 35.4 Å². The van der Waals surface area contributed by atoms with Crippen molar-refractivity contribution >= 4 is 12.1 Å². The minimum atomic E-state index is -0.912. The largest absolute Gasteiger partial charge is 0.478 e. The molecular formula is C21H32N2O4. The average Bonchev–Trinajstić information content (AvgIpc) is 2.53. The van der Waals surface area contributed by atoms with Gasteiger partial charge in [-0.15, -0.1) is 0 Å². The Balaban J connectivity index is 2.03. The van der Waals surface area contributed by atoms with Crippen LogP contribution in [-0.4, -0.2) is 58.2 Å². The molecule has 1 N–H and O–H groups in total. The third-order valence-electron chi connectivity index (χ3n) is 4.55. The molecule has 0 bridgehead atoms. The molecule has 6 heteroatoms. The number of piperazine rings is 1. The average molecular weight is 376 g/mol. The molecule has 0 unspecified atom stereocenters. The lowest BCUT2D eigenvalue weighted by atomic mass is 10.00. The van der Waals surface area contributed by atoms with Crippen LogP contribution < -0.4 is 0 Å². The maximum atomic E-state index is 12.6. The highest BCUT2D eigenvalue weighted by Gasteiger charge is 2.33. The molecule has 1 fully saturated rings. The topological polar surface area (TPSA) is 70.1 Å². The quantitative estimate of drug-likeness (QED) is 0.845. The van der Waals surface area contributed by atoms with Crippen LogP contribution in [0.4, 0.5) is 4.79 Å². The maximum Gasteiger partial charge on any atom is 0.410 e. The molecule has 0 saturated carbocycles. The molecule has 0 spiro atoms. The lowest BCUT2D eigenvalue weighted by Crippen LogP contribution is -2.56. The molecule has 0 aliphatic carbocycles. The second-order valence-electron chi connectivity index (χ2n) is 8.69. The van der Waals surface area contributed by atoms with Crippen molar-refractivity contribution in [3.63, 3.8) is 0 Å². The van der Waals surface area contributed by atoms with Crippen LogP contribution in [-0.2, 0) is 11.3 Å². The fraction of sp³-hybridized carbons (Fsp3) is 0.619. The number of hydrogen-bond donors (Lipinski definition) is 1. The Labute approximate surface area is 162 Å². The van der Waals surface area contributed by atoms with Crippen LogP contribution in [0.3, 0.4) is 0 Å². The monoisotopic (exact) mass is 376 g/mol. The van der Waals surface area contributed by atoms with Gasteiger partial charge in [-0.25, -0.2) is 9.59 Å². The van der Waals surface area contributed by atoms with Gasteiger partial charge in [-0.05, 0) is 50.8 Å². The number of amides is 1. The number of benzene rings is 1. The van der Waals surface area contributed by atoms with E-state index >= 15 is 0 Å². The van der Waals surface area contributed by atoms with E-state index in [1.54, 1.807) is 12.1 Å². The molecule has 2 rings (SSSR count). The molecule has 0 radical (unpaired) electrons. The van der Waals surface area contributed by atoms with Crippen LogP contribution in [0.5, 0.6) is 0 Å². The molecule has 6 nitrogen and oxygen atoms in total. The van der Waals surface area contributed by atoms with Gasteiger partial charge in [-0.3, -0.25) is 4.90 Å². The van der Waals surface area contributed by atoms with Crippen molar-refractivity contribution in [2.24, 2.45) is 5.92 Å². The summed E-state index contributed by atoms with van der Waals surface area (Å²) >= 11 is 0. The lowest BCUT2D eigenvalue weighted by Gasteiger charge is -2.42. The number of hydrogen-bond acceptors (Lipinski definition) is 4. The molecule has 1 aliphatic rings. The fourth-order valence-corrected chi connectivity index (χ4v) is 3.38. The number of carbonyl (C=O) groups excluding carboxylic acids is 1. The molecule has 150 valence electrons. The Morgan fingerprint density at radius 2 is 1.81 bits per heavy atom. The van der Waals surface area contributed by atoms with Crippen LogP contribution in [0.2, 0.25) is 0 Å². The van der Waals surface area contributed by atoms with Gasteiger partial charge >= 0.3 is 12.1 Å². The van der Waals surface area contributed by atoms with E-state index in [4.69, 9.17) is 9.84 Å². The number of ether oxygens (including phenoxy) is 1. The van der Waals surface area contributed by atoms with Gasteiger partial charge in [0.2, 0.25) is 0 Å². The summed E-state index contributed by atoms with van der Waals surface area (Å²) in [6, 6.07) is 7.12. The Morgan fingerprint density at radius 3 is 2.33 bits per heavy atom. The van der Waals surface area contributed by atoms with Crippen LogP contribution in [0, 0.1) is 5.92 Å². The van der Waals surface area contributed by atoms with Gasteiger partial charge in [0.25, 0.3) is 0 Å². The first-order chi connectivity index (χ1) is 12.5. The van der Waals surface area contributed by atoms with E-state index in [1.165, 1.54) is 0 Å². The molecule has 1 aromatic rings. The standard InChI is InChI=1S/C21H32N2O4/c1-15(2)12-18-14-22(10-11-23(18)20(26)27-21(3,4)5)13-16-6-8-17(9-7-16)19(24)25/h6-9,15,18H,10-14H2,1-5H3,(H,24,25)/t18-/m1/s1. The zero-order chi connectivity index (χ0) is 20.2. The summed E-state index contributed by atoms with van der Waals surface area (Å²) < 4.78 is 5.59. The molecule has 1 amide bonds. The maximum absolute atomic E-state index is 12.6. The van der Waals surface area contributed by atoms with Crippen molar-refractivity contribution < 1.29 is 19.4 Å². The predicted octanol–water partition coefficient (Wildman–Crippen LogP) is 3.85. The van der Waals surface area contributed by atoms with Gasteiger partial charge in [0, 0.05) is 32.2 Å². The first-order valence-electron chi connectivity index (χ1n) is 9.59. The van der Waals surface area contributed by atoms with Gasteiger partial charge in [0.15, 0.2) is 0 Å². The molecule has 27 heavy (non-hydrogen) atoms. The Kier molecular flexibility index (Phi) is 6.87. The highest BCUT2D eigenvalue weighted by atomic mass is 16.6. The zero-order valence-corrected chi connectivity index (χ0v) is 17.1. The fourth-order valence-electron chi connectivity index (χ4n) is 3.38. The van der Waals surface area contributed by atoms with Crippen molar-refractivity contribution in [1.82, 2.24) is 9.80 Å². The molecule has 1 aliphatic heterocycles. The number of carbonyl (C=O) groups is 2. The number of carboxylic acid groups (broad SMARTS) is 1. The van der Waals surface area contributed by atoms with Crippen molar-refractivity contribution in [3.8, 4) is 0 Å². The van der Waals surface area contributed by atoms with Gasteiger partial charge in [-0.2, -0.15) is 0 Å². The second kappa shape index (κ2) is 8.74. The van der Waals surface area contributed by atoms with E-state index in [0.717, 1.165) is 31.6 Å². The van der Waals surface area contributed by atoms with Crippen molar-refractivity contribution in [2.75, 3.05) is 19.6 Å². The van der Waals surface area contributed by atoms with Crippen molar-refractivity contribution in [1.29, 1.82) is 0 Å². The molecule has 1 atom stereocenters. The van der Waals surface area contributed by atoms with E-state index in [2.05, 4.69) is 18.7 Å². The summed E-state index contributed by atoms with van der Waals surface area (Å²) in [5.41, 5.74) is 0.878. The SMILES string of the molecule is CC(C)C[C@@H]1CN(Cc2ccc(C(=O)O)cc2)CCN1C(=O)OC(C)(C)C. The minimum absolute atomic E-state index is 0.117. The van der Waals surface area contributed by atoms with Crippen LogP contribution in [0.1, 0.15) is 57.0 Å². The zero-order valence-electron chi connectivity index (χ0n) is 17.1. The summed E-state index contributed by atoms with van der Waals surface area (Å²) in [5.74, 6) is -0.431. The van der Waals surface area contributed by atoms with Crippen LogP contribution in [0.25, 0.3) is 0 Å². The van der Waals surface area contributed by atoms with Crippen LogP contribution >= 0.6 is 0 Å². The van der Waals surface area contributed by atoms with Gasteiger partial charge in [0.05, 0.1) is 5.56 Å². The van der Waals surface area contributed by atoms with E-state index < -0.39 is 11.6 Å². The summed E-state index contributed by atoms with van der Waals surface area (Å²) in [6.45, 7) is 12.9. The van der Waals surface area contributed by atoms with Crippen LogP contribution in [0.15, 0.2) is 24.3 Å². The normalized spacial score (nSPS) is 18.6. The molecule has 1 saturated heterocycles. The van der Waals surface area contributed by atoms with Gasteiger partial charge in [0.1, 0.15) is 5.60 Å². The summed E-state index contributed by atoms with van der Waals surface area (Å²) in [7, 11) is 0. The number of nitrogens with zero attached hydrogens (tertiary/aromatic N) is 2. The number of aromatic carboxylic acids is 1. The Hall–Kier alpha value is -2.08. The molecular weight excluding hydrogens is 344 g/mol. The molecule has 1 aromatic carbocycles. The van der Waals surface area contributed by atoms with E-state index in [-0.39, 0.29) is 12.1 Å². The third kappa shape index (κ3) is 6.54. The first kappa shape index (κ1) is 21.2. The van der Waals surface area contributed by atoms with E-state index in [9.17, 15) is 9.59 Å². The number of rotatable bonds is 5. The highest BCUT2D eigenvalue weighted by Crippen LogP contribution is 2.22. The first-order valence-corrected chi connectivity index (χ1v) is 9.59. The van der Waals surface area contributed by atoms with E-state index in [0.29, 0.717) is 18.0 Å². The summed E-state index contributed by atoms with van der Waals surface area (Å²) in [5, 5.41) is 9.02. The van der Waals surface area contributed by atoms with Gasteiger partial charge < -0.3 is 14.7 Å². The lowest BCUT2D eigenvalue weighted by molar-refractivity contribution is -0.00565. The minimum Gasteiger partial charge on any atom is -0.478 e. The highest BCUT2D eigenvalue weighted by molar-refractivity contribution is 5.87. The second-order valence-corrected chi connectivity index (χ2v) is 8.69. The number of carboxylic acids is 1. The summed E-state index contributed by atoms with van der Waals surface area (Å²) in [4.78, 5) is 27.8. The third-order valence-corrected chi connectivity index (χ3v) is 4.55. The molecule has 1 heterocycles. The smallest absolute Gasteiger partial charge is 0.410 e. The predicted molar refractivity (Wildman–Crippen MR) is 105 cm³/mol.